The van der Waals surface area contributed by atoms with Crippen LogP contribution in [0.25, 0.3) is 0 Å². The smallest absolute Gasteiger partial charge is 0.236 e. The van der Waals surface area contributed by atoms with Crippen molar-refractivity contribution in [1.82, 2.24) is 9.80 Å². The lowest BCUT2D eigenvalue weighted by Gasteiger charge is -2.36. The fourth-order valence-corrected chi connectivity index (χ4v) is 3.76. The molecule has 0 aromatic heterocycles. The van der Waals surface area contributed by atoms with Crippen molar-refractivity contribution in [2.45, 2.75) is 6.92 Å². The van der Waals surface area contributed by atoms with Crippen molar-refractivity contribution in [2.24, 2.45) is 17.6 Å². The number of hydrogen-bond donors (Lipinski definition) is 1. The second kappa shape index (κ2) is 8.98. The largest absolute Gasteiger partial charge is 0.369 e. The van der Waals surface area contributed by atoms with Crippen LogP contribution in [0.2, 0.25) is 0 Å². The van der Waals surface area contributed by atoms with E-state index in [1.54, 1.807) is 12.1 Å². The number of anilines is 1. The van der Waals surface area contributed by atoms with Gasteiger partial charge in [-0.25, -0.2) is 4.39 Å². The minimum atomic E-state index is -0.291. The van der Waals surface area contributed by atoms with Gasteiger partial charge in [0.1, 0.15) is 5.82 Å². The number of amides is 2. The standard InChI is InChI=1S/C18H25FN4O2.HI/c1-13-10-21(11-14(13)18(20)25)12-17(24)23-8-6-22(7-9-23)16-5-3-2-4-15(16)19;/h2-5,13-14H,6-12H2,1H3,(H2,20,25);1H/t13-,14-;/m1./s1. The summed E-state index contributed by atoms with van der Waals surface area (Å²) in [7, 11) is 0. The zero-order chi connectivity index (χ0) is 18.0. The molecule has 3 rings (SSSR count). The molecule has 2 amide bonds. The zero-order valence-electron chi connectivity index (χ0n) is 14.9. The molecule has 8 heteroatoms. The van der Waals surface area contributed by atoms with E-state index in [0.717, 1.165) is 0 Å². The molecule has 2 heterocycles. The number of carbonyl (C=O) groups excluding carboxylic acids is 2. The molecule has 0 radical (unpaired) electrons. The van der Waals surface area contributed by atoms with Gasteiger partial charge in [0.15, 0.2) is 0 Å². The van der Waals surface area contributed by atoms with E-state index in [9.17, 15) is 14.0 Å². The second-order valence-electron chi connectivity index (χ2n) is 7.00. The fourth-order valence-electron chi connectivity index (χ4n) is 3.76. The van der Waals surface area contributed by atoms with E-state index in [0.29, 0.717) is 51.5 Å². The molecule has 2 N–H and O–H groups in total. The number of nitrogens with two attached hydrogens (primary N) is 1. The van der Waals surface area contributed by atoms with Gasteiger partial charge in [0, 0.05) is 39.3 Å². The summed E-state index contributed by atoms with van der Waals surface area (Å²) in [5.74, 6) is -0.453. The third kappa shape index (κ3) is 4.64. The minimum Gasteiger partial charge on any atom is -0.369 e. The number of halogens is 2. The van der Waals surface area contributed by atoms with Crippen LogP contribution in [-0.4, -0.2) is 67.4 Å². The minimum absolute atomic E-state index is 0. The highest BCUT2D eigenvalue weighted by molar-refractivity contribution is 14.0. The molecule has 1 aromatic carbocycles. The molecule has 2 saturated heterocycles. The van der Waals surface area contributed by atoms with Crippen molar-refractivity contribution >= 4 is 41.5 Å². The van der Waals surface area contributed by atoms with Crippen LogP contribution in [0.4, 0.5) is 10.1 Å². The number of nitrogens with zero attached hydrogens (tertiary/aromatic N) is 3. The van der Waals surface area contributed by atoms with Crippen LogP contribution >= 0.6 is 24.0 Å². The van der Waals surface area contributed by atoms with Crippen molar-refractivity contribution in [3.8, 4) is 0 Å². The van der Waals surface area contributed by atoms with Crippen molar-refractivity contribution in [3.05, 3.63) is 30.1 Å². The Morgan fingerprint density at radius 3 is 2.38 bits per heavy atom. The molecule has 2 atom stereocenters. The highest BCUT2D eigenvalue weighted by Crippen LogP contribution is 2.23. The van der Waals surface area contributed by atoms with Crippen LogP contribution < -0.4 is 10.6 Å². The highest BCUT2D eigenvalue weighted by atomic mass is 127. The number of benzene rings is 1. The van der Waals surface area contributed by atoms with Crippen LogP contribution in [0.5, 0.6) is 0 Å². The zero-order valence-corrected chi connectivity index (χ0v) is 17.3. The number of likely N-dealkylation sites (tertiary alicyclic amines) is 1. The second-order valence-corrected chi connectivity index (χ2v) is 7.00. The Balaban J connectivity index is 0.00000243. The van der Waals surface area contributed by atoms with E-state index in [-0.39, 0.29) is 53.4 Å². The van der Waals surface area contributed by atoms with E-state index in [1.165, 1.54) is 6.07 Å². The summed E-state index contributed by atoms with van der Waals surface area (Å²) in [6.45, 7) is 5.97. The van der Waals surface area contributed by atoms with Gasteiger partial charge in [0.05, 0.1) is 18.2 Å². The summed E-state index contributed by atoms with van der Waals surface area (Å²) in [5, 5.41) is 0. The van der Waals surface area contributed by atoms with Gasteiger partial charge in [-0.2, -0.15) is 0 Å². The molecule has 2 aliphatic heterocycles. The Morgan fingerprint density at radius 1 is 1.15 bits per heavy atom. The average molecular weight is 476 g/mol. The van der Waals surface area contributed by atoms with Gasteiger partial charge in [-0.15, -0.1) is 24.0 Å². The predicted molar refractivity (Wildman–Crippen MR) is 109 cm³/mol. The molecule has 1 aromatic rings. The van der Waals surface area contributed by atoms with Crippen LogP contribution in [-0.2, 0) is 9.59 Å². The number of para-hydroxylation sites is 1. The quantitative estimate of drug-likeness (QED) is 0.663. The Bertz CT molecular complexity index is 652. The van der Waals surface area contributed by atoms with Crippen molar-refractivity contribution in [1.29, 1.82) is 0 Å². The maximum atomic E-state index is 13.9. The number of hydrogen-bond acceptors (Lipinski definition) is 4. The van der Waals surface area contributed by atoms with E-state index < -0.39 is 0 Å². The van der Waals surface area contributed by atoms with E-state index in [1.807, 2.05) is 27.7 Å². The first-order chi connectivity index (χ1) is 12.0. The number of carbonyl (C=O) groups is 2. The molecule has 144 valence electrons. The first kappa shape index (κ1) is 20.9. The summed E-state index contributed by atoms with van der Waals surface area (Å²) in [6.07, 6.45) is 0. The van der Waals surface area contributed by atoms with Crippen LogP contribution in [0.3, 0.4) is 0 Å². The van der Waals surface area contributed by atoms with E-state index in [4.69, 9.17) is 5.73 Å². The van der Waals surface area contributed by atoms with Gasteiger partial charge in [-0.05, 0) is 18.1 Å². The molecule has 0 spiro atoms. The number of rotatable bonds is 4. The monoisotopic (exact) mass is 476 g/mol. The molecular weight excluding hydrogens is 450 g/mol. The summed E-state index contributed by atoms with van der Waals surface area (Å²) in [5.41, 5.74) is 6.00. The maximum Gasteiger partial charge on any atom is 0.236 e. The molecule has 2 aliphatic rings. The molecule has 0 unspecified atom stereocenters. The Kier molecular flexibility index (Phi) is 7.22. The van der Waals surface area contributed by atoms with Gasteiger partial charge < -0.3 is 15.5 Å². The van der Waals surface area contributed by atoms with Gasteiger partial charge in [-0.1, -0.05) is 19.1 Å². The van der Waals surface area contributed by atoms with Crippen LogP contribution in [0.15, 0.2) is 24.3 Å². The van der Waals surface area contributed by atoms with Crippen LogP contribution in [0, 0.1) is 17.7 Å². The molecule has 26 heavy (non-hydrogen) atoms. The van der Waals surface area contributed by atoms with Crippen molar-refractivity contribution in [3.63, 3.8) is 0 Å². The van der Waals surface area contributed by atoms with Crippen molar-refractivity contribution in [2.75, 3.05) is 50.7 Å². The fraction of sp³-hybridized carbons (Fsp3) is 0.556. The number of piperazine rings is 1. The molecule has 2 fully saturated rings. The topological polar surface area (TPSA) is 69.9 Å². The molecule has 6 nitrogen and oxygen atoms in total. The normalized spacial score (nSPS) is 23.6. The van der Waals surface area contributed by atoms with Crippen molar-refractivity contribution < 1.29 is 14.0 Å². The lowest BCUT2D eigenvalue weighted by Crippen LogP contribution is -2.51. The molecule has 0 saturated carbocycles. The Hall–Kier alpha value is -1.42. The SMILES string of the molecule is C[C@@H]1CN(CC(=O)N2CCN(c3ccccc3F)CC2)C[C@H]1C(N)=O.I. The summed E-state index contributed by atoms with van der Waals surface area (Å²) in [6, 6.07) is 6.72. The van der Waals surface area contributed by atoms with Gasteiger partial charge in [0.25, 0.3) is 0 Å². The first-order valence-corrected chi connectivity index (χ1v) is 8.74. The molecular formula is C18H26FIN4O2. The highest BCUT2D eigenvalue weighted by Gasteiger charge is 2.35. The van der Waals surface area contributed by atoms with Crippen LogP contribution in [0.1, 0.15) is 6.92 Å². The third-order valence-electron chi connectivity index (χ3n) is 5.24. The summed E-state index contributed by atoms with van der Waals surface area (Å²) < 4.78 is 13.9. The summed E-state index contributed by atoms with van der Waals surface area (Å²) >= 11 is 0. The van der Waals surface area contributed by atoms with Gasteiger partial charge in [0.2, 0.25) is 11.8 Å². The van der Waals surface area contributed by atoms with Gasteiger partial charge >= 0.3 is 0 Å². The first-order valence-electron chi connectivity index (χ1n) is 8.74. The predicted octanol–water partition coefficient (Wildman–Crippen LogP) is 1.15. The van der Waals surface area contributed by atoms with Gasteiger partial charge in [-0.3, -0.25) is 14.5 Å². The lowest BCUT2D eigenvalue weighted by atomic mass is 9.98. The maximum absolute atomic E-state index is 13.9. The average Bonchev–Trinajstić information content (AvgIpc) is 2.96. The Morgan fingerprint density at radius 2 is 1.81 bits per heavy atom. The Labute approximate surface area is 170 Å². The molecule has 0 aliphatic carbocycles. The summed E-state index contributed by atoms with van der Waals surface area (Å²) in [4.78, 5) is 29.7. The molecule has 0 bridgehead atoms. The van der Waals surface area contributed by atoms with E-state index >= 15 is 0 Å². The lowest BCUT2D eigenvalue weighted by molar-refractivity contribution is -0.132. The van der Waals surface area contributed by atoms with E-state index in [2.05, 4.69) is 0 Å². The number of primary amides is 1. The third-order valence-corrected chi connectivity index (χ3v) is 5.24.